The number of aromatic amines is 1. The highest BCUT2D eigenvalue weighted by Gasteiger charge is 2.23. The SMILES string of the molecule is CC(=O)Nc1cc(NC(C(=O)Nc2nc3c(CF)cc4[nH]ncc4c3s2)c2ccccc2)ccc1Cl. The molecule has 1 atom stereocenters. The molecular formula is C25H20ClFN6O2S. The number of halogens is 2. The first kappa shape index (κ1) is 23.7. The van der Waals surface area contributed by atoms with Crippen LogP contribution in [0.3, 0.4) is 0 Å². The Labute approximate surface area is 213 Å². The zero-order valence-corrected chi connectivity index (χ0v) is 20.5. The van der Waals surface area contributed by atoms with Gasteiger partial charge in [0, 0.05) is 23.6 Å². The summed E-state index contributed by atoms with van der Waals surface area (Å²) in [5.41, 5.74) is 3.34. The lowest BCUT2D eigenvalue weighted by Gasteiger charge is -2.20. The van der Waals surface area contributed by atoms with Crippen molar-refractivity contribution < 1.29 is 14.0 Å². The highest BCUT2D eigenvalue weighted by Crippen LogP contribution is 2.35. The number of hydrogen-bond acceptors (Lipinski definition) is 6. The number of amides is 2. The number of carbonyl (C=O) groups excluding carboxylic acids is 2. The van der Waals surface area contributed by atoms with Crippen molar-refractivity contribution in [2.24, 2.45) is 0 Å². The molecule has 36 heavy (non-hydrogen) atoms. The van der Waals surface area contributed by atoms with Crippen LogP contribution in [0.2, 0.25) is 5.02 Å². The van der Waals surface area contributed by atoms with E-state index in [1.165, 1.54) is 18.3 Å². The van der Waals surface area contributed by atoms with E-state index in [-0.39, 0.29) is 11.8 Å². The number of H-pyrrole nitrogens is 1. The van der Waals surface area contributed by atoms with Gasteiger partial charge in [0.1, 0.15) is 12.7 Å². The first-order chi connectivity index (χ1) is 17.4. The molecule has 0 aliphatic rings. The minimum Gasteiger partial charge on any atom is -0.370 e. The van der Waals surface area contributed by atoms with Crippen molar-refractivity contribution >= 4 is 72.4 Å². The van der Waals surface area contributed by atoms with Gasteiger partial charge in [0.2, 0.25) is 5.91 Å². The van der Waals surface area contributed by atoms with Crippen LogP contribution in [0.25, 0.3) is 21.1 Å². The van der Waals surface area contributed by atoms with E-state index in [4.69, 9.17) is 11.6 Å². The molecular weight excluding hydrogens is 503 g/mol. The molecule has 0 radical (unpaired) electrons. The molecule has 3 aromatic carbocycles. The standard InChI is InChI=1S/C25H20ClFN6O2S/c1-13(34)29-20-10-16(7-8-18(20)26)30-22(14-5-3-2-4-6-14)24(35)32-25-31-21-15(11-27)9-19-17(12-28-33-19)23(21)36-25/h2-10,12,22,30H,11H2,1H3,(H,28,33)(H,29,34)(H,31,32,35). The normalized spacial score (nSPS) is 12.0. The Hall–Kier alpha value is -4.02. The zero-order chi connectivity index (χ0) is 25.2. The molecule has 0 aliphatic carbocycles. The molecule has 11 heteroatoms. The molecule has 0 bridgehead atoms. The van der Waals surface area contributed by atoms with Crippen LogP contribution in [0.4, 0.5) is 20.9 Å². The lowest BCUT2D eigenvalue weighted by atomic mass is 10.1. The maximum absolute atomic E-state index is 13.7. The van der Waals surface area contributed by atoms with Gasteiger partial charge < -0.3 is 10.6 Å². The second-order valence-corrected chi connectivity index (χ2v) is 9.46. The van der Waals surface area contributed by atoms with Crippen LogP contribution in [-0.4, -0.2) is 27.0 Å². The van der Waals surface area contributed by atoms with Gasteiger partial charge in [-0.05, 0) is 29.8 Å². The monoisotopic (exact) mass is 522 g/mol. The maximum Gasteiger partial charge on any atom is 0.253 e. The smallest absolute Gasteiger partial charge is 0.253 e. The Morgan fingerprint density at radius 2 is 1.94 bits per heavy atom. The fourth-order valence-electron chi connectivity index (χ4n) is 3.90. The molecule has 5 aromatic rings. The fraction of sp³-hybridized carbons (Fsp3) is 0.120. The Balaban J connectivity index is 1.48. The molecule has 0 aliphatic heterocycles. The summed E-state index contributed by atoms with van der Waals surface area (Å²) in [7, 11) is 0. The number of anilines is 3. The first-order valence-electron chi connectivity index (χ1n) is 10.9. The molecule has 8 nitrogen and oxygen atoms in total. The van der Waals surface area contributed by atoms with E-state index in [0.29, 0.717) is 43.7 Å². The van der Waals surface area contributed by atoms with E-state index < -0.39 is 12.7 Å². The topological polar surface area (TPSA) is 112 Å². The summed E-state index contributed by atoms with van der Waals surface area (Å²) in [5.74, 6) is -0.622. The van der Waals surface area contributed by atoms with Gasteiger partial charge >= 0.3 is 0 Å². The third-order valence-electron chi connectivity index (χ3n) is 5.52. The summed E-state index contributed by atoms with van der Waals surface area (Å²) < 4.78 is 14.4. The number of benzene rings is 3. The highest BCUT2D eigenvalue weighted by molar-refractivity contribution is 7.23. The predicted molar refractivity (Wildman–Crippen MR) is 141 cm³/mol. The number of nitrogens with zero attached hydrogens (tertiary/aromatic N) is 2. The summed E-state index contributed by atoms with van der Waals surface area (Å²) in [6, 6.07) is 15.1. The van der Waals surface area contributed by atoms with Crippen molar-refractivity contribution in [1.82, 2.24) is 15.2 Å². The second kappa shape index (κ2) is 9.92. The Morgan fingerprint density at radius 3 is 2.69 bits per heavy atom. The lowest BCUT2D eigenvalue weighted by Crippen LogP contribution is -2.27. The Morgan fingerprint density at radius 1 is 1.14 bits per heavy atom. The van der Waals surface area contributed by atoms with Gasteiger partial charge in [-0.1, -0.05) is 53.3 Å². The molecule has 0 saturated carbocycles. The average Bonchev–Trinajstić information content (AvgIpc) is 3.50. The summed E-state index contributed by atoms with van der Waals surface area (Å²) >= 11 is 7.46. The molecule has 2 aromatic heterocycles. The highest BCUT2D eigenvalue weighted by atomic mass is 35.5. The van der Waals surface area contributed by atoms with Gasteiger partial charge in [0.15, 0.2) is 5.13 Å². The third kappa shape index (κ3) is 4.73. The summed E-state index contributed by atoms with van der Waals surface area (Å²) in [4.78, 5) is 29.5. The van der Waals surface area contributed by atoms with E-state index in [1.54, 1.807) is 30.5 Å². The predicted octanol–water partition coefficient (Wildman–Crippen LogP) is 6.05. The van der Waals surface area contributed by atoms with Gasteiger partial charge in [-0.2, -0.15) is 5.10 Å². The van der Waals surface area contributed by atoms with Crippen molar-refractivity contribution in [3.63, 3.8) is 0 Å². The van der Waals surface area contributed by atoms with Crippen LogP contribution in [-0.2, 0) is 16.3 Å². The summed E-state index contributed by atoms with van der Waals surface area (Å²) in [6.45, 7) is 0.699. The number of carbonyl (C=O) groups is 2. The van der Waals surface area contributed by atoms with Gasteiger partial charge in [-0.3, -0.25) is 20.0 Å². The van der Waals surface area contributed by atoms with Crippen molar-refractivity contribution in [3.8, 4) is 0 Å². The van der Waals surface area contributed by atoms with E-state index in [1.807, 2.05) is 30.3 Å². The number of aromatic nitrogens is 3. The zero-order valence-electron chi connectivity index (χ0n) is 18.9. The maximum atomic E-state index is 13.7. The number of hydrogen-bond donors (Lipinski definition) is 4. The van der Waals surface area contributed by atoms with E-state index in [9.17, 15) is 14.0 Å². The van der Waals surface area contributed by atoms with E-state index >= 15 is 0 Å². The van der Waals surface area contributed by atoms with Crippen LogP contribution >= 0.6 is 22.9 Å². The van der Waals surface area contributed by atoms with Gasteiger partial charge in [-0.25, -0.2) is 9.37 Å². The molecule has 5 rings (SSSR count). The van der Waals surface area contributed by atoms with E-state index in [0.717, 1.165) is 10.1 Å². The van der Waals surface area contributed by atoms with Gasteiger partial charge in [-0.15, -0.1) is 0 Å². The van der Waals surface area contributed by atoms with Crippen LogP contribution in [0.5, 0.6) is 0 Å². The average molecular weight is 523 g/mol. The first-order valence-corrected chi connectivity index (χ1v) is 12.1. The quantitative estimate of drug-likeness (QED) is 0.208. The number of fused-ring (bicyclic) bond motifs is 3. The minimum absolute atomic E-state index is 0.262. The summed E-state index contributed by atoms with van der Waals surface area (Å²) in [5, 5.41) is 17.2. The number of thiazole rings is 1. The van der Waals surface area contributed by atoms with Crippen LogP contribution in [0.15, 0.2) is 60.8 Å². The Kier molecular flexibility index (Phi) is 6.53. The third-order valence-corrected chi connectivity index (χ3v) is 6.85. The van der Waals surface area contributed by atoms with E-state index in [2.05, 4.69) is 31.1 Å². The minimum atomic E-state index is -0.792. The molecule has 2 heterocycles. The molecule has 0 spiro atoms. The van der Waals surface area contributed by atoms with Crippen molar-refractivity contribution in [1.29, 1.82) is 0 Å². The van der Waals surface area contributed by atoms with Crippen LogP contribution in [0, 0.1) is 0 Å². The second-order valence-electron chi connectivity index (χ2n) is 8.05. The van der Waals surface area contributed by atoms with Gasteiger partial charge in [0.25, 0.3) is 5.91 Å². The molecule has 4 N–H and O–H groups in total. The fourth-order valence-corrected chi connectivity index (χ4v) is 5.09. The molecule has 2 amide bonds. The van der Waals surface area contributed by atoms with Crippen LogP contribution in [0.1, 0.15) is 24.1 Å². The number of rotatable bonds is 7. The molecule has 182 valence electrons. The molecule has 1 unspecified atom stereocenters. The van der Waals surface area contributed by atoms with Crippen molar-refractivity contribution in [2.45, 2.75) is 19.6 Å². The largest absolute Gasteiger partial charge is 0.370 e. The lowest BCUT2D eigenvalue weighted by molar-refractivity contribution is -0.117. The number of nitrogens with one attached hydrogen (secondary N) is 4. The number of alkyl halides is 1. The Bertz CT molecular complexity index is 1590. The summed E-state index contributed by atoms with van der Waals surface area (Å²) in [6.07, 6.45) is 1.66. The molecule has 0 saturated heterocycles. The van der Waals surface area contributed by atoms with Crippen LogP contribution < -0.4 is 16.0 Å². The van der Waals surface area contributed by atoms with Crippen molar-refractivity contribution in [3.05, 3.63) is 76.9 Å². The molecule has 0 fully saturated rings. The van der Waals surface area contributed by atoms with Crippen molar-refractivity contribution in [2.75, 3.05) is 16.0 Å². The van der Waals surface area contributed by atoms with Gasteiger partial charge in [0.05, 0.1) is 32.6 Å².